The summed E-state index contributed by atoms with van der Waals surface area (Å²) in [5.74, 6) is 0.240. The summed E-state index contributed by atoms with van der Waals surface area (Å²) in [5.41, 5.74) is 1.81. The van der Waals surface area contributed by atoms with E-state index < -0.39 is 5.97 Å². The van der Waals surface area contributed by atoms with Crippen molar-refractivity contribution in [1.82, 2.24) is 15.1 Å². The molecule has 0 aliphatic carbocycles. The Labute approximate surface area is 147 Å². The van der Waals surface area contributed by atoms with Gasteiger partial charge >= 0.3 is 5.97 Å². The number of piperidine rings is 1. The molecule has 1 saturated heterocycles. The normalized spacial score (nSPS) is 20.3. The lowest BCUT2D eigenvalue weighted by atomic mass is 9.92. The fourth-order valence-electron chi connectivity index (χ4n) is 3.35. The number of hydrogen-bond donors (Lipinski definition) is 1. The molecule has 1 amide bonds. The predicted molar refractivity (Wildman–Crippen MR) is 93.8 cm³/mol. The van der Waals surface area contributed by atoms with Crippen molar-refractivity contribution in [3.63, 3.8) is 0 Å². The lowest BCUT2D eigenvalue weighted by Gasteiger charge is -2.34. The number of ether oxygens (including phenoxy) is 1. The third-order valence-electron chi connectivity index (χ3n) is 4.42. The van der Waals surface area contributed by atoms with Crippen LogP contribution in [0.3, 0.4) is 0 Å². The molecule has 132 valence electrons. The molecule has 2 heterocycles. The zero-order chi connectivity index (χ0) is 17.8. The van der Waals surface area contributed by atoms with Crippen LogP contribution in [-0.2, 0) is 9.53 Å². The van der Waals surface area contributed by atoms with Crippen LogP contribution in [0.25, 0.3) is 11.3 Å². The molecule has 1 aliphatic heterocycles. The largest absolute Gasteiger partial charge is 0.451 e. The molecular weight excluding hydrogens is 318 g/mol. The summed E-state index contributed by atoms with van der Waals surface area (Å²) in [4.78, 5) is 26.2. The van der Waals surface area contributed by atoms with E-state index in [9.17, 15) is 9.59 Å². The number of benzene rings is 1. The zero-order valence-corrected chi connectivity index (χ0v) is 14.6. The SMILES string of the molecule is C[C@@H]1C[C@@H](C)CN(C(=O)COC(=O)c2cc(-c3ccccc3)n[nH]2)C1. The van der Waals surface area contributed by atoms with Gasteiger partial charge in [0.15, 0.2) is 6.61 Å². The molecule has 0 radical (unpaired) electrons. The van der Waals surface area contributed by atoms with E-state index in [0.29, 0.717) is 17.5 Å². The Bertz CT molecular complexity index is 731. The van der Waals surface area contributed by atoms with Gasteiger partial charge in [-0.2, -0.15) is 5.10 Å². The Hall–Kier alpha value is -2.63. The fraction of sp³-hybridized carbons (Fsp3) is 0.421. The van der Waals surface area contributed by atoms with Crippen LogP contribution in [0.15, 0.2) is 36.4 Å². The molecule has 25 heavy (non-hydrogen) atoms. The van der Waals surface area contributed by atoms with E-state index >= 15 is 0 Å². The molecule has 6 nitrogen and oxygen atoms in total. The number of esters is 1. The highest BCUT2D eigenvalue weighted by atomic mass is 16.5. The van der Waals surface area contributed by atoms with E-state index in [0.717, 1.165) is 25.1 Å². The summed E-state index contributed by atoms with van der Waals surface area (Å²) >= 11 is 0. The second kappa shape index (κ2) is 7.51. The minimum atomic E-state index is -0.568. The molecular formula is C19H23N3O3. The van der Waals surface area contributed by atoms with Gasteiger partial charge in [-0.15, -0.1) is 0 Å². The van der Waals surface area contributed by atoms with Crippen molar-refractivity contribution in [2.75, 3.05) is 19.7 Å². The third-order valence-corrected chi connectivity index (χ3v) is 4.42. The van der Waals surface area contributed by atoms with Crippen LogP contribution in [0.1, 0.15) is 30.8 Å². The molecule has 0 spiro atoms. The molecule has 2 aromatic rings. The van der Waals surface area contributed by atoms with Crippen LogP contribution in [-0.4, -0.2) is 46.7 Å². The molecule has 3 rings (SSSR count). The Morgan fingerprint density at radius 1 is 1.20 bits per heavy atom. The van der Waals surface area contributed by atoms with E-state index in [1.165, 1.54) is 0 Å². The Balaban J connectivity index is 1.56. The van der Waals surface area contributed by atoms with Crippen LogP contribution in [0, 0.1) is 11.8 Å². The number of likely N-dealkylation sites (tertiary alicyclic amines) is 1. The van der Waals surface area contributed by atoms with Gasteiger partial charge in [0, 0.05) is 18.7 Å². The fourth-order valence-corrected chi connectivity index (χ4v) is 3.35. The van der Waals surface area contributed by atoms with Gasteiger partial charge in [-0.05, 0) is 24.3 Å². The molecule has 1 N–H and O–H groups in total. The first kappa shape index (κ1) is 17.2. The van der Waals surface area contributed by atoms with Crippen molar-refractivity contribution in [2.24, 2.45) is 11.8 Å². The van der Waals surface area contributed by atoms with Crippen LogP contribution < -0.4 is 0 Å². The van der Waals surface area contributed by atoms with Gasteiger partial charge < -0.3 is 9.64 Å². The van der Waals surface area contributed by atoms with Crippen molar-refractivity contribution < 1.29 is 14.3 Å². The van der Waals surface area contributed by atoms with Crippen LogP contribution in [0.5, 0.6) is 0 Å². The molecule has 0 unspecified atom stereocenters. The maximum absolute atomic E-state index is 12.3. The first-order valence-corrected chi connectivity index (χ1v) is 8.58. The first-order valence-electron chi connectivity index (χ1n) is 8.58. The molecule has 1 fully saturated rings. The maximum atomic E-state index is 12.3. The minimum absolute atomic E-state index is 0.144. The summed E-state index contributed by atoms with van der Waals surface area (Å²) in [7, 11) is 0. The second-order valence-corrected chi connectivity index (χ2v) is 6.85. The quantitative estimate of drug-likeness (QED) is 0.868. The number of hydrogen-bond acceptors (Lipinski definition) is 4. The standard InChI is InChI=1S/C19H23N3O3/c1-13-8-14(2)11-22(10-13)18(23)12-25-19(24)17-9-16(20-21-17)15-6-4-3-5-7-15/h3-7,9,13-14H,8,10-12H2,1-2H3,(H,20,21)/t13-,14-/m1/s1. The monoisotopic (exact) mass is 341 g/mol. The van der Waals surface area contributed by atoms with Crippen LogP contribution >= 0.6 is 0 Å². The molecule has 0 bridgehead atoms. The summed E-state index contributed by atoms with van der Waals surface area (Å²) in [6, 6.07) is 11.2. The number of nitrogens with one attached hydrogen (secondary N) is 1. The smallest absolute Gasteiger partial charge is 0.356 e. The highest BCUT2D eigenvalue weighted by Crippen LogP contribution is 2.21. The molecule has 1 aromatic carbocycles. The molecule has 1 aromatic heterocycles. The van der Waals surface area contributed by atoms with Gasteiger partial charge in [-0.1, -0.05) is 44.2 Å². The number of rotatable bonds is 4. The van der Waals surface area contributed by atoms with Crippen molar-refractivity contribution in [1.29, 1.82) is 0 Å². The van der Waals surface area contributed by atoms with E-state index in [2.05, 4.69) is 24.0 Å². The average molecular weight is 341 g/mol. The van der Waals surface area contributed by atoms with E-state index in [-0.39, 0.29) is 18.2 Å². The van der Waals surface area contributed by atoms with Gasteiger partial charge in [-0.3, -0.25) is 9.89 Å². The predicted octanol–water partition coefficient (Wildman–Crippen LogP) is 2.74. The average Bonchev–Trinajstić information content (AvgIpc) is 3.09. The number of carbonyl (C=O) groups excluding carboxylic acids is 2. The third kappa shape index (κ3) is 4.26. The highest BCUT2D eigenvalue weighted by Gasteiger charge is 2.26. The van der Waals surface area contributed by atoms with Gasteiger partial charge in [0.2, 0.25) is 0 Å². The van der Waals surface area contributed by atoms with E-state index in [4.69, 9.17) is 4.74 Å². The number of nitrogens with zero attached hydrogens (tertiary/aromatic N) is 2. The maximum Gasteiger partial charge on any atom is 0.356 e. The molecule has 2 atom stereocenters. The van der Waals surface area contributed by atoms with Crippen molar-refractivity contribution in [3.05, 3.63) is 42.1 Å². The van der Waals surface area contributed by atoms with Crippen molar-refractivity contribution in [3.8, 4) is 11.3 Å². The summed E-state index contributed by atoms with van der Waals surface area (Å²) in [6.07, 6.45) is 1.12. The first-order chi connectivity index (χ1) is 12.0. The van der Waals surface area contributed by atoms with Gasteiger partial charge in [-0.25, -0.2) is 4.79 Å². The minimum Gasteiger partial charge on any atom is -0.451 e. The number of aromatic nitrogens is 2. The zero-order valence-electron chi connectivity index (χ0n) is 14.6. The lowest BCUT2D eigenvalue weighted by molar-refractivity contribution is -0.137. The van der Waals surface area contributed by atoms with E-state index in [1.54, 1.807) is 11.0 Å². The molecule has 6 heteroatoms. The van der Waals surface area contributed by atoms with Crippen molar-refractivity contribution >= 4 is 11.9 Å². The number of aromatic amines is 1. The molecule has 0 saturated carbocycles. The summed E-state index contributed by atoms with van der Waals surface area (Å²) < 4.78 is 5.16. The Morgan fingerprint density at radius 3 is 2.56 bits per heavy atom. The van der Waals surface area contributed by atoms with Gasteiger partial charge in [0.25, 0.3) is 5.91 Å². The Morgan fingerprint density at radius 2 is 1.88 bits per heavy atom. The summed E-state index contributed by atoms with van der Waals surface area (Å²) in [5, 5.41) is 6.80. The van der Waals surface area contributed by atoms with Crippen LogP contribution in [0.4, 0.5) is 0 Å². The van der Waals surface area contributed by atoms with Crippen LogP contribution in [0.2, 0.25) is 0 Å². The Kier molecular flexibility index (Phi) is 5.16. The molecule has 1 aliphatic rings. The summed E-state index contributed by atoms with van der Waals surface area (Å²) in [6.45, 7) is 5.49. The van der Waals surface area contributed by atoms with Gasteiger partial charge in [0.05, 0.1) is 5.69 Å². The van der Waals surface area contributed by atoms with Crippen molar-refractivity contribution in [2.45, 2.75) is 20.3 Å². The second-order valence-electron chi connectivity index (χ2n) is 6.85. The van der Waals surface area contributed by atoms with E-state index in [1.807, 2.05) is 30.3 Å². The highest BCUT2D eigenvalue weighted by molar-refractivity contribution is 5.90. The topological polar surface area (TPSA) is 75.3 Å². The van der Waals surface area contributed by atoms with Gasteiger partial charge in [0.1, 0.15) is 5.69 Å². The number of amides is 1. The lowest BCUT2D eigenvalue weighted by Crippen LogP contribution is -2.44. The number of H-pyrrole nitrogens is 1. The number of carbonyl (C=O) groups is 2.